The second-order valence-electron chi connectivity index (χ2n) is 3.59. The highest BCUT2D eigenvalue weighted by Crippen LogP contribution is 2.12. The molecule has 1 heterocycles. The van der Waals surface area contributed by atoms with E-state index in [2.05, 4.69) is 22.4 Å². The van der Waals surface area contributed by atoms with Crippen LogP contribution in [0.4, 0.5) is 0 Å². The van der Waals surface area contributed by atoms with Crippen molar-refractivity contribution in [3.63, 3.8) is 0 Å². The van der Waals surface area contributed by atoms with E-state index in [-0.39, 0.29) is 0 Å². The van der Waals surface area contributed by atoms with Crippen LogP contribution in [0, 0.1) is 0 Å². The van der Waals surface area contributed by atoms with Gasteiger partial charge in [-0.3, -0.25) is 0 Å². The Morgan fingerprint density at radius 1 is 1.24 bits per heavy atom. The highest BCUT2D eigenvalue weighted by Gasteiger charge is 2.03. The Morgan fingerprint density at radius 2 is 2.06 bits per heavy atom. The van der Waals surface area contributed by atoms with Gasteiger partial charge in [-0.05, 0) is 19.5 Å². The largest absolute Gasteiger partial charge is 0.382 e. The van der Waals surface area contributed by atoms with Gasteiger partial charge in [0.15, 0.2) is 0 Å². The van der Waals surface area contributed by atoms with Crippen LogP contribution in [0.3, 0.4) is 0 Å². The van der Waals surface area contributed by atoms with E-state index in [1.54, 1.807) is 18.4 Å². The van der Waals surface area contributed by atoms with Gasteiger partial charge in [-0.15, -0.1) is 10.2 Å². The third kappa shape index (κ3) is 6.68. The molecule has 0 aliphatic heterocycles. The van der Waals surface area contributed by atoms with Crippen LogP contribution in [-0.2, 0) is 22.5 Å². The fourth-order valence-corrected chi connectivity index (χ4v) is 2.11. The van der Waals surface area contributed by atoms with Gasteiger partial charge in [0.05, 0.1) is 13.2 Å². The van der Waals surface area contributed by atoms with Crippen LogP contribution in [-0.4, -0.2) is 43.6 Å². The Kier molecular flexibility index (Phi) is 8.08. The van der Waals surface area contributed by atoms with E-state index in [9.17, 15) is 0 Å². The minimum atomic E-state index is 0.536. The lowest BCUT2D eigenvalue weighted by molar-refractivity contribution is 0.0613. The van der Waals surface area contributed by atoms with Crippen molar-refractivity contribution >= 4 is 11.3 Å². The zero-order chi connectivity index (χ0) is 12.3. The summed E-state index contributed by atoms with van der Waals surface area (Å²) in [5, 5.41) is 13.6. The summed E-state index contributed by atoms with van der Waals surface area (Å²) in [7, 11) is 1.66. The number of ether oxygens (including phenoxy) is 2. The zero-order valence-corrected chi connectivity index (χ0v) is 11.4. The van der Waals surface area contributed by atoms with Gasteiger partial charge < -0.3 is 14.8 Å². The summed E-state index contributed by atoms with van der Waals surface area (Å²) >= 11 is 1.63. The molecule has 0 fully saturated rings. The highest BCUT2D eigenvalue weighted by molar-refractivity contribution is 7.11. The zero-order valence-electron chi connectivity index (χ0n) is 10.6. The Hall–Kier alpha value is -0.560. The Balaban J connectivity index is 2.14. The molecule has 1 aromatic rings. The second kappa shape index (κ2) is 9.47. The normalized spacial score (nSPS) is 10.9. The van der Waals surface area contributed by atoms with E-state index >= 15 is 0 Å². The Labute approximate surface area is 107 Å². The molecule has 0 spiro atoms. The van der Waals surface area contributed by atoms with Crippen LogP contribution < -0.4 is 5.32 Å². The molecule has 1 aromatic heterocycles. The number of hydrogen-bond acceptors (Lipinski definition) is 6. The topological polar surface area (TPSA) is 56.3 Å². The number of methoxy groups -OCH3 is 1. The number of aromatic nitrogens is 2. The molecule has 98 valence electrons. The lowest BCUT2D eigenvalue weighted by Gasteiger charge is -1.99. The summed E-state index contributed by atoms with van der Waals surface area (Å²) in [6, 6.07) is 0. The van der Waals surface area contributed by atoms with Gasteiger partial charge in [0.25, 0.3) is 0 Å². The molecule has 0 bridgehead atoms. The first-order valence-corrected chi connectivity index (χ1v) is 6.77. The molecule has 0 radical (unpaired) electrons. The van der Waals surface area contributed by atoms with Gasteiger partial charge in [0.1, 0.15) is 16.6 Å². The van der Waals surface area contributed by atoms with Crippen LogP contribution in [0.2, 0.25) is 0 Å². The third-order valence-electron chi connectivity index (χ3n) is 2.16. The first-order valence-electron chi connectivity index (χ1n) is 5.95. The average molecular weight is 259 g/mol. The smallest absolute Gasteiger partial charge is 0.143 e. The predicted octanol–water partition coefficient (Wildman–Crippen LogP) is 1.24. The summed E-state index contributed by atoms with van der Waals surface area (Å²) in [6.45, 7) is 5.93. The van der Waals surface area contributed by atoms with Crippen LogP contribution in [0.15, 0.2) is 0 Å². The Bertz CT molecular complexity index is 267. The molecule has 1 rings (SSSR count). The van der Waals surface area contributed by atoms with Crippen LogP contribution in [0.25, 0.3) is 0 Å². The predicted molar refractivity (Wildman–Crippen MR) is 68.3 cm³/mol. The van der Waals surface area contributed by atoms with Gasteiger partial charge in [-0.1, -0.05) is 18.3 Å². The van der Waals surface area contributed by atoms with Gasteiger partial charge in [0, 0.05) is 13.5 Å². The Morgan fingerprint density at radius 3 is 2.82 bits per heavy atom. The van der Waals surface area contributed by atoms with Gasteiger partial charge in [-0.25, -0.2) is 0 Å². The van der Waals surface area contributed by atoms with Gasteiger partial charge >= 0.3 is 0 Å². The number of hydrogen-bond donors (Lipinski definition) is 1. The molecule has 0 saturated carbocycles. The number of nitrogens with zero attached hydrogens (tertiary/aromatic N) is 2. The minimum absolute atomic E-state index is 0.536. The van der Waals surface area contributed by atoms with Crippen molar-refractivity contribution in [2.45, 2.75) is 26.4 Å². The van der Waals surface area contributed by atoms with E-state index in [0.717, 1.165) is 35.9 Å². The maximum absolute atomic E-state index is 5.39. The molecular formula is C11H21N3O2S. The third-order valence-corrected chi connectivity index (χ3v) is 3.12. The van der Waals surface area contributed by atoms with E-state index < -0.39 is 0 Å². The summed E-state index contributed by atoms with van der Waals surface area (Å²) in [4.78, 5) is 0. The first kappa shape index (κ1) is 14.5. The number of rotatable bonds is 10. The molecule has 0 aliphatic carbocycles. The van der Waals surface area contributed by atoms with Crippen LogP contribution in [0.5, 0.6) is 0 Å². The SMILES string of the molecule is CCNCCCc1nnc(COCCOC)s1. The summed E-state index contributed by atoms with van der Waals surface area (Å²) in [6.07, 6.45) is 2.09. The van der Waals surface area contributed by atoms with Crippen molar-refractivity contribution in [3.8, 4) is 0 Å². The molecule has 5 nitrogen and oxygen atoms in total. The van der Waals surface area contributed by atoms with Gasteiger partial charge in [-0.2, -0.15) is 0 Å². The molecular weight excluding hydrogens is 238 g/mol. The number of nitrogens with one attached hydrogen (secondary N) is 1. The van der Waals surface area contributed by atoms with Crippen LogP contribution in [0.1, 0.15) is 23.4 Å². The number of aryl methyl sites for hydroxylation is 1. The van der Waals surface area contributed by atoms with Crippen molar-refractivity contribution in [2.75, 3.05) is 33.4 Å². The standard InChI is InChI=1S/C11H21N3O2S/c1-3-12-6-4-5-10-13-14-11(17-10)9-16-8-7-15-2/h12H,3-9H2,1-2H3. The monoisotopic (exact) mass is 259 g/mol. The summed E-state index contributed by atoms with van der Waals surface area (Å²) < 4.78 is 10.3. The van der Waals surface area contributed by atoms with E-state index in [1.807, 2.05) is 0 Å². The summed E-state index contributed by atoms with van der Waals surface area (Å²) in [5.41, 5.74) is 0. The quantitative estimate of drug-likeness (QED) is 0.641. The molecule has 0 aliphatic rings. The van der Waals surface area contributed by atoms with E-state index in [1.165, 1.54) is 0 Å². The highest BCUT2D eigenvalue weighted by atomic mass is 32.1. The van der Waals surface area contributed by atoms with Crippen molar-refractivity contribution in [2.24, 2.45) is 0 Å². The maximum Gasteiger partial charge on any atom is 0.143 e. The molecule has 0 amide bonds. The van der Waals surface area contributed by atoms with Crippen molar-refractivity contribution in [1.29, 1.82) is 0 Å². The first-order chi connectivity index (χ1) is 8.36. The van der Waals surface area contributed by atoms with Gasteiger partial charge in [0.2, 0.25) is 0 Å². The molecule has 17 heavy (non-hydrogen) atoms. The second-order valence-corrected chi connectivity index (χ2v) is 4.74. The fraction of sp³-hybridized carbons (Fsp3) is 0.818. The molecule has 0 saturated heterocycles. The molecule has 1 N–H and O–H groups in total. The molecule has 0 unspecified atom stereocenters. The average Bonchev–Trinajstić information content (AvgIpc) is 2.78. The van der Waals surface area contributed by atoms with Crippen molar-refractivity contribution < 1.29 is 9.47 Å². The van der Waals surface area contributed by atoms with Crippen molar-refractivity contribution in [3.05, 3.63) is 10.0 Å². The lowest BCUT2D eigenvalue weighted by atomic mass is 10.3. The fourth-order valence-electron chi connectivity index (χ4n) is 1.29. The molecule has 0 atom stereocenters. The van der Waals surface area contributed by atoms with E-state index in [4.69, 9.17) is 9.47 Å². The minimum Gasteiger partial charge on any atom is -0.382 e. The molecule has 0 aromatic carbocycles. The van der Waals surface area contributed by atoms with Crippen molar-refractivity contribution in [1.82, 2.24) is 15.5 Å². The van der Waals surface area contributed by atoms with Crippen LogP contribution >= 0.6 is 11.3 Å². The maximum atomic E-state index is 5.39. The van der Waals surface area contributed by atoms with E-state index in [0.29, 0.717) is 19.8 Å². The lowest BCUT2D eigenvalue weighted by Crippen LogP contribution is -2.14. The molecule has 6 heteroatoms. The summed E-state index contributed by atoms with van der Waals surface area (Å²) in [5.74, 6) is 0.